The van der Waals surface area contributed by atoms with Crippen LogP contribution >= 0.6 is 0 Å². The van der Waals surface area contributed by atoms with E-state index in [-0.39, 0.29) is 11.3 Å². The van der Waals surface area contributed by atoms with Crippen molar-refractivity contribution in [2.75, 3.05) is 11.1 Å². The number of rotatable bonds is 2. The average Bonchev–Trinajstić information content (AvgIpc) is 2.47. The van der Waals surface area contributed by atoms with Gasteiger partial charge in [0.1, 0.15) is 5.82 Å². The van der Waals surface area contributed by atoms with Crippen molar-refractivity contribution in [3.8, 4) is 0 Å². The summed E-state index contributed by atoms with van der Waals surface area (Å²) in [5, 5.41) is 4.66. The number of carbonyl (C=O) groups excluding carboxylic acids is 1. The van der Waals surface area contributed by atoms with Crippen LogP contribution in [0.1, 0.15) is 10.4 Å². The molecule has 0 saturated heterocycles. The molecule has 104 valence electrons. The molecule has 0 aliphatic carbocycles. The minimum absolute atomic E-state index is 0.0304. The highest BCUT2D eigenvalue weighted by Gasteiger charge is 2.13. The van der Waals surface area contributed by atoms with Crippen LogP contribution in [0.2, 0.25) is 0 Å². The van der Waals surface area contributed by atoms with Gasteiger partial charge in [-0.3, -0.25) is 4.79 Å². The molecule has 0 aliphatic rings. The molecule has 0 unspecified atom stereocenters. The van der Waals surface area contributed by atoms with Crippen LogP contribution in [-0.2, 0) is 0 Å². The smallest absolute Gasteiger partial charge is 0.258 e. The summed E-state index contributed by atoms with van der Waals surface area (Å²) < 4.78 is 13.8. The molecule has 4 heteroatoms. The second kappa shape index (κ2) is 5.25. The molecule has 3 nitrogen and oxygen atoms in total. The van der Waals surface area contributed by atoms with Gasteiger partial charge >= 0.3 is 0 Å². The van der Waals surface area contributed by atoms with Gasteiger partial charge in [0, 0.05) is 16.8 Å². The van der Waals surface area contributed by atoms with E-state index >= 15 is 0 Å². The minimum atomic E-state index is -0.632. The molecule has 0 heterocycles. The monoisotopic (exact) mass is 280 g/mol. The number of anilines is 2. The molecule has 0 spiro atoms. The Morgan fingerprint density at radius 2 is 1.76 bits per heavy atom. The Morgan fingerprint density at radius 1 is 1.00 bits per heavy atom. The molecule has 0 radical (unpaired) electrons. The maximum absolute atomic E-state index is 13.8. The van der Waals surface area contributed by atoms with Crippen LogP contribution in [0.4, 0.5) is 15.8 Å². The highest BCUT2D eigenvalue weighted by molar-refractivity contribution is 6.09. The summed E-state index contributed by atoms with van der Waals surface area (Å²) in [7, 11) is 0. The maximum Gasteiger partial charge on any atom is 0.258 e. The number of nitrogen functional groups attached to an aromatic ring is 1. The van der Waals surface area contributed by atoms with E-state index in [1.807, 2.05) is 36.4 Å². The zero-order valence-electron chi connectivity index (χ0n) is 11.1. The SMILES string of the molecule is Nc1ccc(C(=O)Nc2cccc3ccccc23)c(F)c1. The standard InChI is InChI=1S/C17H13FN2O/c18-15-10-12(19)8-9-14(15)17(21)20-16-7-3-5-11-4-1-2-6-13(11)16/h1-10H,19H2,(H,20,21). The van der Waals surface area contributed by atoms with Crippen LogP contribution in [0.15, 0.2) is 60.7 Å². The molecular weight excluding hydrogens is 267 g/mol. The van der Waals surface area contributed by atoms with Gasteiger partial charge in [-0.05, 0) is 29.7 Å². The van der Waals surface area contributed by atoms with Gasteiger partial charge < -0.3 is 11.1 Å². The Hall–Kier alpha value is -2.88. The Balaban J connectivity index is 1.97. The Labute approximate surface area is 121 Å². The summed E-state index contributed by atoms with van der Waals surface area (Å²) in [6.45, 7) is 0. The fourth-order valence-corrected chi connectivity index (χ4v) is 2.24. The number of nitrogens with two attached hydrogens (primary N) is 1. The first-order chi connectivity index (χ1) is 10.1. The van der Waals surface area contributed by atoms with E-state index in [9.17, 15) is 9.18 Å². The lowest BCUT2D eigenvalue weighted by molar-refractivity contribution is 0.102. The molecule has 3 aromatic carbocycles. The van der Waals surface area contributed by atoms with E-state index < -0.39 is 11.7 Å². The van der Waals surface area contributed by atoms with Crippen LogP contribution in [0.3, 0.4) is 0 Å². The summed E-state index contributed by atoms with van der Waals surface area (Å²) in [6, 6.07) is 17.3. The van der Waals surface area contributed by atoms with E-state index in [0.29, 0.717) is 5.69 Å². The van der Waals surface area contributed by atoms with Crippen molar-refractivity contribution in [3.05, 3.63) is 72.0 Å². The molecule has 0 bridgehead atoms. The normalized spacial score (nSPS) is 10.5. The number of carbonyl (C=O) groups is 1. The summed E-state index contributed by atoms with van der Waals surface area (Å²) in [5.74, 6) is -1.13. The molecule has 21 heavy (non-hydrogen) atoms. The zero-order valence-corrected chi connectivity index (χ0v) is 11.1. The molecule has 0 saturated carbocycles. The Morgan fingerprint density at radius 3 is 2.57 bits per heavy atom. The molecule has 0 aliphatic heterocycles. The average molecular weight is 280 g/mol. The number of hydrogen-bond acceptors (Lipinski definition) is 2. The minimum Gasteiger partial charge on any atom is -0.399 e. The summed E-state index contributed by atoms with van der Waals surface area (Å²) in [5.41, 5.74) is 6.39. The predicted octanol–water partition coefficient (Wildman–Crippen LogP) is 3.81. The summed E-state index contributed by atoms with van der Waals surface area (Å²) in [6.07, 6.45) is 0. The fraction of sp³-hybridized carbons (Fsp3) is 0. The number of halogens is 1. The van der Waals surface area contributed by atoms with Gasteiger partial charge in [0.2, 0.25) is 0 Å². The van der Waals surface area contributed by atoms with Gasteiger partial charge in [-0.15, -0.1) is 0 Å². The molecule has 0 fully saturated rings. The van der Waals surface area contributed by atoms with E-state index in [0.717, 1.165) is 16.8 Å². The van der Waals surface area contributed by atoms with Gasteiger partial charge in [0.25, 0.3) is 5.91 Å². The number of hydrogen-bond donors (Lipinski definition) is 2. The number of benzene rings is 3. The highest BCUT2D eigenvalue weighted by atomic mass is 19.1. The fourth-order valence-electron chi connectivity index (χ4n) is 2.24. The third-order valence-electron chi connectivity index (χ3n) is 3.28. The molecule has 0 aromatic heterocycles. The van der Waals surface area contributed by atoms with E-state index in [2.05, 4.69) is 5.32 Å². The van der Waals surface area contributed by atoms with Crippen LogP contribution in [0.5, 0.6) is 0 Å². The molecule has 3 rings (SSSR count). The van der Waals surface area contributed by atoms with Crippen molar-refractivity contribution < 1.29 is 9.18 Å². The van der Waals surface area contributed by atoms with Crippen molar-refractivity contribution in [1.29, 1.82) is 0 Å². The van der Waals surface area contributed by atoms with Crippen LogP contribution < -0.4 is 11.1 Å². The molecule has 3 aromatic rings. The third kappa shape index (κ3) is 2.56. The Bertz CT molecular complexity index is 825. The lowest BCUT2D eigenvalue weighted by atomic mass is 10.1. The summed E-state index contributed by atoms with van der Waals surface area (Å²) >= 11 is 0. The topological polar surface area (TPSA) is 55.1 Å². The maximum atomic E-state index is 13.8. The zero-order chi connectivity index (χ0) is 14.8. The predicted molar refractivity (Wildman–Crippen MR) is 82.7 cm³/mol. The van der Waals surface area contributed by atoms with E-state index in [4.69, 9.17) is 5.73 Å². The lowest BCUT2D eigenvalue weighted by Crippen LogP contribution is -2.14. The van der Waals surface area contributed by atoms with Crippen molar-refractivity contribution in [2.45, 2.75) is 0 Å². The second-order valence-corrected chi connectivity index (χ2v) is 4.72. The van der Waals surface area contributed by atoms with Crippen molar-refractivity contribution in [2.24, 2.45) is 0 Å². The number of fused-ring (bicyclic) bond motifs is 1. The molecule has 1 amide bonds. The highest BCUT2D eigenvalue weighted by Crippen LogP contribution is 2.24. The second-order valence-electron chi connectivity index (χ2n) is 4.72. The Kier molecular flexibility index (Phi) is 3.28. The largest absolute Gasteiger partial charge is 0.399 e. The van der Waals surface area contributed by atoms with Gasteiger partial charge in [-0.1, -0.05) is 36.4 Å². The van der Waals surface area contributed by atoms with Crippen molar-refractivity contribution in [1.82, 2.24) is 0 Å². The van der Waals surface area contributed by atoms with Gasteiger partial charge in [-0.25, -0.2) is 4.39 Å². The van der Waals surface area contributed by atoms with Crippen molar-refractivity contribution >= 4 is 28.1 Å². The number of nitrogens with one attached hydrogen (secondary N) is 1. The lowest BCUT2D eigenvalue weighted by Gasteiger charge is -2.09. The molecule has 0 atom stereocenters. The number of amides is 1. The molecule has 3 N–H and O–H groups in total. The van der Waals surface area contributed by atoms with E-state index in [1.165, 1.54) is 12.1 Å². The molecular formula is C17H13FN2O. The first-order valence-corrected chi connectivity index (χ1v) is 6.49. The van der Waals surface area contributed by atoms with Gasteiger partial charge in [-0.2, -0.15) is 0 Å². The first-order valence-electron chi connectivity index (χ1n) is 6.49. The summed E-state index contributed by atoms with van der Waals surface area (Å²) in [4.78, 5) is 12.2. The van der Waals surface area contributed by atoms with Crippen LogP contribution in [0.25, 0.3) is 10.8 Å². The third-order valence-corrected chi connectivity index (χ3v) is 3.28. The first kappa shape index (κ1) is 13.1. The van der Waals surface area contributed by atoms with E-state index in [1.54, 1.807) is 6.07 Å². The van der Waals surface area contributed by atoms with Crippen LogP contribution in [0, 0.1) is 5.82 Å². The van der Waals surface area contributed by atoms with Crippen molar-refractivity contribution in [3.63, 3.8) is 0 Å². The van der Waals surface area contributed by atoms with Crippen LogP contribution in [-0.4, -0.2) is 5.91 Å². The van der Waals surface area contributed by atoms with Gasteiger partial charge in [0.05, 0.1) is 5.56 Å². The van der Waals surface area contributed by atoms with Gasteiger partial charge in [0.15, 0.2) is 0 Å². The quantitative estimate of drug-likeness (QED) is 0.701.